The van der Waals surface area contributed by atoms with Crippen molar-refractivity contribution >= 4 is 23.5 Å². The second kappa shape index (κ2) is 8.73. The van der Waals surface area contributed by atoms with Gasteiger partial charge in [-0.05, 0) is 24.3 Å². The molecule has 0 aliphatic heterocycles. The molecular weight excluding hydrogens is 295 g/mol. The molecule has 1 aromatic carbocycles. The number of likely N-dealkylation sites (N-methyl/N-ethyl adjacent to an activating group) is 1. The molecule has 0 radical (unpaired) electrons. The number of ether oxygens (including phenoxy) is 2. The number of methoxy groups -OCH3 is 1. The Hall–Kier alpha value is -2.48. The van der Waals surface area contributed by atoms with Gasteiger partial charge in [-0.2, -0.15) is 0 Å². The number of anilines is 1. The van der Waals surface area contributed by atoms with Gasteiger partial charge in [-0.3, -0.25) is 9.59 Å². The minimum atomic E-state index is -0.667. The summed E-state index contributed by atoms with van der Waals surface area (Å²) < 4.78 is 21.9. The summed E-state index contributed by atoms with van der Waals surface area (Å²) in [5.41, 5.74) is 0.416. The van der Waals surface area contributed by atoms with Gasteiger partial charge in [-0.25, -0.2) is 9.18 Å². The summed E-state index contributed by atoms with van der Waals surface area (Å²) in [5.74, 6) is -2.06. The van der Waals surface area contributed by atoms with E-state index >= 15 is 0 Å². The molecule has 0 aromatic heterocycles. The Labute approximate surface area is 127 Å². The highest BCUT2D eigenvalue weighted by Gasteiger charge is 2.15. The Kier molecular flexibility index (Phi) is 6.97. The molecular formula is C14H17FN2O5. The smallest absolute Gasteiger partial charge is 0.332 e. The molecule has 1 rings (SSSR count). The van der Waals surface area contributed by atoms with E-state index in [1.54, 1.807) is 0 Å². The molecule has 0 saturated carbocycles. The third-order valence-electron chi connectivity index (χ3n) is 2.55. The van der Waals surface area contributed by atoms with Crippen LogP contribution >= 0.6 is 0 Å². The van der Waals surface area contributed by atoms with E-state index in [1.807, 2.05) is 0 Å². The van der Waals surface area contributed by atoms with E-state index in [-0.39, 0.29) is 13.2 Å². The quantitative estimate of drug-likeness (QED) is 0.737. The molecule has 0 aliphatic carbocycles. The average Bonchev–Trinajstić information content (AvgIpc) is 2.47. The van der Waals surface area contributed by atoms with Gasteiger partial charge in [-0.15, -0.1) is 0 Å². The van der Waals surface area contributed by atoms with E-state index in [9.17, 15) is 18.8 Å². The second-order valence-corrected chi connectivity index (χ2v) is 4.40. The molecule has 0 atom stereocenters. The summed E-state index contributed by atoms with van der Waals surface area (Å²) in [6, 6.07) is 5.22. The summed E-state index contributed by atoms with van der Waals surface area (Å²) in [6.07, 6.45) is 0. The van der Waals surface area contributed by atoms with Gasteiger partial charge >= 0.3 is 5.97 Å². The molecule has 0 unspecified atom stereocenters. The molecule has 22 heavy (non-hydrogen) atoms. The van der Waals surface area contributed by atoms with Gasteiger partial charge in [-0.1, -0.05) is 0 Å². The predicted molar refractivity (Wildman–Crippen MR) is 75.5 cm³/mol. The number of rotatable bonds is 7. The fraction of sp³-hybridized carbons (Fsp3) is 0.357. The van der Waals surface area contributed by atoms with Gasteiger partial charge in [0.1, 0.15) is 12.4 Å². The minimum absolute atomic E-state index is 0.224. The van der Waals surface area contributed by atoms with E-state index in [4.69, 9.17) is 0 Å². The van der Waals surface area contributed by atoms with E-state index in [1.165, 1.54) is 38.4 Å². The van der Waals surface area contributed by atoms with Crippen LogP contribution in [0.15, 0.2) is 24.3 Å². The van der Waals surface area contributed by atoms with Crippen molar-refractivity contribution in [2.45, 2.75) is 0 Å². The number of nitrogens with zero attached hydrogens (tertiary/aromatic N) is 1. The lowest BCUT2D eigenvalue weighted by molar-refractivity contribution is -0.154. The SMILES string of the molecule is COCC(=O)OCC(=O)N(C)CC(=O)Nc1ccc(F)cc1. The van der Waals surface area contributed by atoms with Crippen LogP contribution in [0.4, 0.5) is 10.1 Å². The molecule has 0 saturated heterocycles. The van der Waals surface area contributed by atoms with Gasteiger partial charge in [0.05, 0.1) is 6.54 Å². The molecule has 0 heterocycles. The van der Waals surface area contributed by atoms with Crippen molar-refractivity contribution < 1.29 is 28.2 Å². The van der Waals surface area contributed by atoms with Crippen molar-refractivity contribution in [1.29, 1.82) is 0 Å². The molecule has 120 valence electrons. The molecule has 8 heteroatoms. The van der Waals surface area contributed by atoms with Crippen LogP contribution in [-0.2, 0) is 23.9 Å². The van der Waals surface area contributed by atoms with Gasteiger partial charge in [0.25, 0.3) is 5.91 Å². The fourth-order valence-corrected chi connectivity index (χ4v) is 1.45. The first kappa shape index (κ1) is 17.6. The maximum Gasteiger partial charge on any atom is 0.332 e. The van der Waals surface area contributed by atoms with Crippen LogP contribution in [0.25, 0.3) is 0 Å². The highest BCUT2D eigenvalue weighted by Crippen LogP contribution is 2.08. The van der Waals surface area contributed by atoms with Crippen molar-refractivity contribution in [1.82, 2.24) is 4.90 Å². The largest absolute Gasteiger partial charge is 0.454 e. The lowest BCUT2D eigenvalue weighted by Gasteiger charge is -2.16. The summed E-state index contributed by atoms with van der Waals surface area (Å²) in [5, 5.41) is 2.51. The molecule has 0 spiro atoms. The number of amides is 2. The van der Waals surface area contributed by atoms with Crippen LogP contribution in [0.1, 0.15) is 0 Å². The summed E-state index contributed by atoms with van der Waals surface area (Å²) in [4.78, 5) is 35.5. The summed E-state index contributed by atoms with van der Waals surface area (Å²) in [7, 11) is 2.73. The standard InChI is InChI=1S/C14H17FN2O5/c1-17(13(19)8-22-14(20)9-21-2)7-12(18)16-11-5-3-10(15)4-6-11/h3-6H,7-9H2,1-2H3,(H,16,18). The monoisotopic (exact) mass is 312 g/mol. The topological polar surface area (TPSA) is 84.9 Å². The normalized spacial score (nSPS) is 9.95. The van der Waals surface area contributed by atoms with Crippen LogP contribution in [0.5, 0.6) is 0 Å². The zero-order valence-electron chi connectivity index (χ0n) is 12.3. The number of halogens is 1. The molecule has 1 aromatic rings. The Balaban J connectivity index is 2.38. The van der Waals surface area contributed by atoms with Crippen LogP contribution in [0.2, 0.25) is 0 Å². The molecule has 0 aliphatic rings. The minimum Gasteiger partial charge on any atom is -0.454 e. The third-order valence-corrected chi connectivity index (χ3v) is 2.55. The summed E-state index contributed by atoms with van der Waals surface area (Å²) in [6.45, 7) is -0.942. The number of benzene rings is 1. The molecule has 0 fully saturated rings. The maximum atomic E-state index is 12.7. The van der Waals surface area contributed by atoms with Crippen molar-refractivity contribution in [2.75, 3.05) is 39.2 Å². The van der Waals surface area contributed by atoms with Gasteiger partial charge in [0.2, 0.25) is 5.91 Å². The zero-order chi connectivity index (χ0) is 16.5. The zero-order valence-corrected chi connectivity index (χ0v) is 12.3. The van der Waals surface area contributed by atoms with Crippen molar-refractivity contribution in [3.05, 3.63) is 30.1 Å². The number of carbonyl (C=O) groups is 3. The Morgan fingerprint density at radius 1 is 1.18 bits per heavy atom. The third kappa shape index (κ3) is 6.31. The highest BCUT2D eigenvalue weighted by molar-refractivity contribution is 5.94. The molecule has 2 amide bonds. The lowest BCUT2D eigenvalue weighted by Crippen LogP contribution is -2.37. The maximum absolute atomic E-state index is 12.7. The first-order valence-electron chi connectivity index (χ1n) is 6.36. The predicted octanol–water partition coefficient (Wildman–Crippen LogP) is 0.412. The van der Waals surface area contributed by atoms with Gasteiger partial charge in [0.15, 0.2) is 6.61 Å². The number of nitrogens with one attached hydrogen (secondary N) is 1. The number of esters is 1. The summed E-state index contributed by atoms with van der Waals surface area (Å²) >= 11 is 0. The van der Waals surface area contributed by atoms with Crippen LogP contribution in [-0.4, -0.2) is 56.6 Å². The van der Waals surface area contributed by atoms with Gasteiger partial charge < -0.3 is 19.7 Å². The van der Waals surface area contributed by atoms with Crippen molar-refractivity contribution in [3.8, 4) is 0 Å². The van der Waals surface area contributed by atoms with E-state index in [0.717, 1.165) is 4.90 Å². The lowest BCUT2D eigenvalue weighted by atomic mass is 10.3. The van der Waals surface area contributed by atoms with Crippen LogP contribution < -0.4 is 5.32 Å². The molecule has 1 N–H and O–H groups in total. The Bertz CT molecular complexity index is 533. The molecule has 7 nitrogen and oxygen atoms in total. The Morgan fingerprint density at radius 2 is 1.82 bits per heavy atom. The second-order valence-electron chi connectivity index (χ2n) is 4.40. The van der Waals surface area contributed by atoms with E-state index < -0.39 is 30.2 Å². The number of hydrogen-bond donors (Lipinski definition) is 1. The highest BCUT2D eigenvalue weighted by atomic mass is 19.1. The van der Waals surface area contributed by atoms with Gasteiger partial charge in [0, 0.05) is 19.8 Å². The first-order chi connectivity index (χ1) is 10.4. The average molecular weight is 312 g/mol. The number of carbonyl (C=O) groups excluding carboxylic acids is 3. The Morgan fingerprint density at radius 3 is 2.41 bits per heavy atom. The fourth-order valence-electron chi connectivity index (χ4n) is 1.45. The number of hydrogen-bond acceptors (Lipinski definition) is 5. The van der Waals surface area contributed by atoms with Crippen LogP contribution in [0.3, 0.4) is 0 Å². The molecule has 0 bridgehead atoms. The van der Waals surface area contributed by atoms with Crippen molar-refractivity contribution in [3.63, 3.8) is 0 Å². The van der Waals surface area contributed by atoms with E-state index in [2.05, 4.69) is 14.8 Å². The van der Waals surface area contributed by atoms with E-state index in [0.29, 0.717) is 5.69 Å². The van der Waals surface area contributed by atoms with Crippen LogP contribution in [0, 0.1) is 5.82 Å². The van der Waals surface area contributed by atoms with Crippen molar-refractivity contribution in [2.24, 2.45) is 0 Å². The first-order valence-corrected chi connectivity index (χ1v) is 6.36.